The van der Waals surface area contributed by atoms with Crippen LogP contribution in [-0.2, 0) is 0 Å². The fraction of sp³-hybridized carbons (Fsp3) is 0.833. The molecular formula is C12H16N2O2. The molecule has 86 valence electrons. The quantitative estimate of drug-likeness (QED) is 0.786. The second-order valence-electron chi connectivity index (χ2n) is 5.91. The molecule has 5 rings (SSSR count). The molecule has 4 aliphatic carbocycles. The van der Waals surface area contributed by atoms with Crippen LogP contribution in [0.5, 0.6) is 0 Å². The van der Waals surface area contributed by atoms with E-state index in [1.54, 1.807) is 0 Å². The Kier molecular flexibility index (Phi) is 1.69. The van der Waals surface area contributed by atoms with Gasteiger partial charge in [-0.3, -0.25) is 0 Å². The summed E-state index contributed by atoms with van der Waals surface area (Å²) in [4.78, 5) is 11.0. The molecule has 0 radical (unpaired) electrons. The first-order valence-corrected chi connectivity index (χ1v) is 6.35. The van der Waals surface area contributed by atoms with Crippen LogP contribution in [0.3, 0.4) is 0 Å². The number of H-pyrrole nitrogens is 1. The summed E-state index contributed by atoms with van der Waals surface area (Å²) >= 11 is 0. The fourth-order valence-corrected chi connectivity index (χ4v) is 4.71. The molecule has 4 fully saturated rings. The van der Waals surface area contributed by atoms with Crippen molar-refractivity contribution in [2.24, 2.45) is 23.7 Å². The van der Waals surface area contributed by atoms with Gasteiger partial charge in [0, 0.05) is 5.92 Å². The lowest BCUT2D eigenvalue weighted by atomic mass is 9.52. The van der Waals surface area contributed by atoms with Gasteiger partial charge in [0.05, 0.1) is 0 Å². The van der Waals surface area contributed by atoms with Crippen molar-refractivity contribution in [3.63, 3.8) is 0 Å². The first-order chi connectivity index (χ1) is 7.79. The average Bonchev–Trinajstić information content (AvgIpc) is 2.63. The second kappa shape index (κ2) is 2.99. The number of rotatable bonds is 1. The Bertz CT molecular complexity index is 434. The molecule has 1 aromatic rings. The van der Waals surface area contributed by atoms with Crippen LogP contribution in [0, 0.1) is 23.7 Å². The smallest absolute Gasteiger partial charge is 0.392 e. The summed E-state index contributed by atoms with van der Waals surface area (Å²) in [5.41, 5.74) is 0. The topological polar surface area (TPSA) is 58.9 Å². The first kappa shape index (κ1) is 9.02. The molecule has 0 aliphatic heterocycles. The number of nitrogens with one attached hydrogen (secondary N) is 1. The Morgan fingerprint density at radius 3 is 2.19 bits per heavy atom. The highest BCUT2D eigenvalue weighted by Crippen LogP contribution is 2.59. The minimum Gasteiger partial charge on any atom is -0.392 e. The van der Waals surface area contributed by atoms with E-state index < -0.39 is 5.76 Å². The molecule has 16 heavy (non-hydrogen) atoms. The molecule has 0 unspecified atom stereocenters. The summed E-state index contributed by atoms with van der Waals surface area (Å²) in [5, 5.41) is 6.46. The lowest BCUT2D eigenvalue weighted by Gasteiger charge is -2.53. The number of hydrogen-bond donors (Lipinski definition) is 1. The Hall–Kier alpha value is -1.06. The van der Waals surface area contributed by atoms with E-state index in [1.807, 2.05) is 0 Å². The zero-order valence-electron chi connectivity index (χ0n) is 9.19. The van der Waals surface area contributed by atoms with Crippen LogP contribution in [0.2, 0.25) is 0 Å². The van der Waals surface area contributed by atoms with E-state index in [4.69, 9.17) is 4.42 Å². The predicted molar refractivity (Wildman–Crippen MR) is 56.9 cm³/mol. The maximum Gasteiger partial charge on any atom is 0.434 e. The predicted octanol–water partition coefficient (Wildman–Crippen LogP) is 1.90. The standard InChI is InChI=1S/C12H16N2O2/c15-12-14-13-11(16-12)10-8-2-6-1-7(4-8)5-9(10)3-6/h6-10H,1-5H2,(H,14,15). The lowest BCUT2D eigenvalue weighted by Crippen LogP contribution is -2.43. The minimum atomic E-state index is -0.399. The Balaban J connectivity index is 1.72. The van der Waals surface area contributed by atoms with Crippen molar-refractivity contribution in [1.82, 2.24) is 10.2 Å². The van der Waals surface area contributed by atoms with Gasteiger partial charge in [0.2, 0.25) is 5.89 Å². The molecule has 0 spiro atoms. The van der Waals surface area contributed by atoms with Gasteiger partial charge in [0.1, 0.15) is 0 Å². The molecule has 4 nitrogen and oxygen atoms in total. The Morgan fingerprint density at radius 1 is 1.06 bits per heavy atom. The lowest BCUT2D eigenvalue weighted by molar-refractivity contribution is -0.0118. The molecule has 0 saturated heterocycles. The summed E-state index contributed by atoms with van der Waals surface area (Å²) in [6.07, 6.45) is 6.76. The minimum absolute atomic E-state index is 0.399. The molecule has 0 atom stereocenters. The molecular weight excluding hydrogens is 204 g/mol. The van der Waals surface area contributed by atoms with Crippen LogP contribution in [0.1, 0.15) is 43.9 Å². The van der Waals surface area contributed by atoms with Crippen molar-refractivity contribution in [3.8, 4) is 0 Å². The summed E-state index contributed by atoms with van der Waals surface area (Å²) in [6.45, 7) is 0. The fourth-order valence-electron chi connectivity index (χ4n) is 4.71. The van der Waals surface area contributed by atoms with Gasteiger partial charge in [-0.2, -0.15) is 0 Å². The Morgan fingerprint density at radius 2 is 1.69 bits per heavy atom. The number of aromatic amines is 1. The van der Waals surface area contributed by atoms with E-state index in [9.17, 15) is 4.79 Å². The highest BCUT2D eigenvalue weighted by atomic mass is 16.4. The molecule has 1 aromatic heterocycles. The molecule has 0 aromatic carbocycles. The van der Waals surface area contributed by atoms with E-state index in [0.717, 1.165) is 23.7 Å². The van der Waals surface area contributed by atoms with Crippen LogP contribution < -0.4 is 5.76 Å². The van der Waals surface area contributed by atoms with Gasteiger partial charge in [-0.05, 0) is 55.8 Å². The van der Waals surface area contributed by atoms with E-state index in [1.165, 1.54) is 32.1 Å². The van der Waals surface area contributed by atoms with Crippen LogP contribution in [0.15, 0.2) is 9.21 Å². The van der Waals surface area contributed by atoms with Crippen LogP contribution in [0.25, 0.3) is 0 Å². The van der Waals surface area contributed by atoms with E-state index in [0.29, 0.717) is 11.8 Å². The third-order valence-electron chi connectivity index (χ3n) is 4.97. The van der Waals surface area contributed by atoms with Crippen molar-refractivity contribution >= 4 is 0 Å². The SMILES string of the molecule is O=c1[nH]nc(C2C3CC4CC(C3)CC2C4)o1. The van der Waals surface area contributed by atoms with Crippen molar-refractivity contribution in [2.45, 2.75) is 38.0 Å². The molecule has 0 amide bonds. The van der Waals surface area contributed by atoms with Crippen molar-refractivity contribution in [1.29, 1.82) is 0 Å². The zero-order chi connectivity index (χ0) is 10.7. The van der Waals surface area contributed by atoms with E-state index in [-0.39, 0.29) is 0 Å². The maximum atomic E-state index is 11.0. The second-order valence-corrected chi connectivity index (χ2v) is 5.91. The van der Waals surface area contributed by atoms with Crippen LogP contribution in [-0.4, -0.2) is 10.2 Å². The molecule has 4 bridgehead atoms. The number of nitrogens with zero attached hydrogens (tertiary/aromatic N) is 1. The maximum absolute atomic E-state index is 11.0. The largest absolute Gasteiger partial charge is 0.434 e. The highest BCUT2D eigenvalue weighted by molar-refractivity contribution is 5.07. The van der Waals surface area contributed by atoms with Crippen LogP contribution >= 0.6 is 0 Å². The molecule has 4 aliphatic rings. The Labute approximate surface area is 93.4 Å². The van der Waals surface area contributed by atoms with Gasteiger partial charge in [0.25, 0.3) is 0 Å². The molecule has 4 saturated carbocycles. The van der Waals surface area contributed by atoms with Gasteiger partial charge in [0.15, 0.2) is 0 Å². The molecule has 4 heteroatoms. The number of aromatic nitrogens is 2. The van der Waals surface area contributed by atoms with Crippen molar-refractivity contribution in [3.05, 3.63) is 16.4 Å². The van der Waals surface area contributed by atoms with E-state index >= 15 is 0 Å². The average molecular weight is 220 g/mol. The summed E-state index contributed by atoms with van der Waals surface area (Å²) < 4.78 is 5.19. The van der Waals surface area contributed by atoms with Gasteiger partial charge in [-0.15, -0.1) is 5.10 Å². The van der Waals surface area contributed by atoms with Crippen LogP contribution in [0.4, 0.5) is 0 Å². The molecule has 1 heterocycles. The highest BCUT2D eigenvalue weighted by Gasteiger charge is 2.50. The first-order valence-electron chi connectivity index (χ1n) is 6.35. The third kappa shape index (κ3) is 1.16. The monoisotopic (exact) mass is 220 g/mol. The summed E-state index contributed by atoms with van der Waals surface area (Å²) in [7, 11) is 0. The van der Waals surface area contributed by atoms with Crippen molar-refractivity contribution in [2.75, 3.05) is 0 Å². The molecule has 1 N–H and O–H groups in total. The summed E-state index contributed by atoms with van der Waals surface area (Å²) in [5.74, 6) is 4.05. The normalized spacial score (nSPS) is 45.1. The summed E-state index contributed by atoms with van der Waals surface area (Å²) in [6, 6.07) is 0. The van der Waals surface area contributed by atoms with Gasteiger partial charge < -0.3 is 4.42 Å². The van der Waals surface area contributed by atoms with E-state index in [2.05, 4.69) is 10.2 Å². The van der Waals surface area contributed by atoms with Gasteiger partial charge >= 0.3 is 5.76 Å². The van der Waals surface area contributed by atoms with Gasteiger partial charge in [-0.25, -0.2) is 9.89 Å². The zero-order valence-corrected chi connectivity index (χ0v) is 9.19. The van der Waals surface area contributed by atoms with Gasteiger partial charge in [-0.1, -0.05) is 0 Å². The third-order valence-corrected chi connectivity index (χ3v) is 4.97. The number of hydrogen-bond acceptors (Lipinski definition) is 3. The van der Waals surface area contributed by atoms with Crippen molar-refractivity contribution < 1.29 is 4.42 Å².